The highest BCUT2D eigenvalue weighted by Crippen LogP contribution is 2.14. The highest BCUT2D eigenvalue weighted by Gasteiger charge is 2.30. The molecule has 0 saturated carbocycles. The molecule has 0 fully saturated rings. The van der Waals surface area contributed by atoms with Gasteiger partial charge in [0, 0.05) is 7.05 Å². The second kappa shape index (κ2) is 6.82. The zero-order valence-corrected chi connectivity index (χ0v) is 9.94. The lowest BCUT2D eigenvalue weighted by molar-refractivity contribution is -0.126. The molecule has 0 spiro atoms. The zero-order valence-electron chi connectivity index (χ0n) is 9.94. The van der Waals surface area contributed by atoms with E-state index < -0.39 is 0 Å². The second-order valence-corrected chi connectivity index (χ2v) is 3.94. The van der Waals surface area contributed by atoms with Gasteiger partial charge in [0.15, 0.2) is 0 Å². The van der Waals surface area contributed by atoms with E-state index in [4.69, 9.17) is 0 Å². The molecule has 0 aromatic heterocycles. The van der Waals surface area contributed by atoms with Crippen LogP contribution in [-0.4, -0.2) is 25.0 Å². The number of unbranched alkanes of at least 4 members (excludes halogenated alkanes) is 1. The quantitative estimate of drug-likeness (QED) is 0.656. The molecule has 0 rings (SSSR count). The summed E-state index contributed by atoms with van der Waals surface area (Å²) in [7, 11) is 1.69. The van der Waals surface area contributed by atoms with Crippen LogP contribution in [0.25, 0.3) is 0 Å². The fourth-order valence-electron chi connectivity index (χ4n) is 1.49. The number of carbonyl (C=O) groups is 1. The van der Waals surface area contributed by atoms with Crippen molar-refractivity contribution in [2.75, 3.05) is 13.6 Å². The smallest absolute Gasteiger partial charge is 0.239 e. The van der Waals surface area contributed by atoms with Gasteiger partial charge >= 0.3 is 0 Å². The SMILES string of the molecule is CCCCC(C)(NCCC)C(=O)NC. The number of rotatable bonds is 7. The number of hydrogen-bond acceptors (Lipinski definition) is 2. The van der Waals surface area contributed by atoms with Gasteiger partial charge in [0.1, 0.15) is 0 Å². The van der Waals surface area contributed by atoms with Crippen molar-refractivity contribution in [3.63, 3.8) is 0 Å². The predicted molar refractivity (Wildman–Crippen MR) is 60.3 cm³/mol. The van der Waals surface area contributed by atoms with E-state index in [1.807, 2.05) is 6.92 Å². The van der Waals surface area contributed by atoms with Crippen molar-refractivity contribution in [2.24, 2.45) is 0 Å². The van der Waals surface area contributed by atoms with Gasteiger partial charge in [-0.3, -0.25) is 4.79 Å². The van der Waals surface area contributed by atoms with Crippen LogP contribution in [0.3, 0.4) is 0 Å². The number of likely N-dealkylation sites (N-methyl/N-ethyl adjacent to an activating group) is 1. The molecule has 84 valence electrons. The molecule has 1 atom stereocenters. The van der Waals surface area contributed by atoms with Crippen molar-refractivity contribution in [3.05, 3.63) is 0 Å². The van der Waals surface area contributed by atoms with Crippen LogP contribution < -0.4 is 10.6 Å². The molecule has 3 heteroatoms. The Kier molecular flexibility index (Phi) is 6.54. The van der Waals surface area contributed by atoms with Crippen LogP contribution in [0.2, 0.25) is 0 Å². The monoisotopic (exact) mass is 200 g/mol. The van der Waals surface area contributed by atoms with Crippen LogP contribution in [-0.2, 0) is 4.79 Å². The molecule has 0 aliphatic carbocycles. The maximum atomic E-state index is 11.7. The third-order valence-electron chi connectivity index (χ3n) is 2.52. The minimum absolute atomic E-state index is 0.0967. The van der Waals surface area contributed by atoms with E-state index in [9.17, 15) is 4.79 Å². The van der Waals surface area contributed by atoms with E-state index in [1.54, 1.807) is 7.05 Å². The van der Waals surface area contributed by atoms with Crippen molar-refractivity contribution in [3.8, 4) is 0 Å². The number of carbonyl (C=O) groups excluding carboxylic acids is 1. The Labute approximate surface area is 87.6 Å². The van der Waals surface area contributed by atoms with Crippen LogP contribution in [0.15, 0.2) is 0 Å². The van der Waals surface area contributed by atoms with Gasteiger partial charge in [-0.25, -0.2) is 0 Å². The van der Waals surface area contributed by atoms with Gasteiger partial charge in [0.05, 0.1) is 5.54 Å². The minimum atomic E-state index is -0.388. The Morgan fingerprint density at radius 2 is 1.93 bits per heavy atom. The van der Waals surface area contributed by atoms with Crippen LogP contribution >= 0.6 is 0 Å². The standard InChI is InChI=1S/C11H24N2O/c1-5-7-8-11(3,10(14)12-4)13-9-6-2/h13H,5-9H2,1-4H3,(H,12,14). The van der Waals surface area contributed by atoms with Crippen molar-refractivity contribution >= 4 is 5.91 Å². The third-order valence-corrected chi connectivity index (χ3v) is 2.52. The summed E-state index contributed by atoms with van der Waals surface area (Å²) in [6.45, 7) is 7.13. The Hall–Kier alpha value is -0.570. The summed E-state index contributed by atoms with van der Waals surface area (Å²) in [6, 6.07) is 0. The average molecular weight is 200 g/mol. The molecule has 0 aromatic carbocycles. The molecule has 2 N–H and O–H groups in total. The molecule has 0 heterocycles. The highest BCUT2D eigenvalue weighted by molar-refractivity contribution is 5.85. The molecule has 0 radical (unpaired) electrons. The fourth-order valence-corrected chi connectivity index (χ4v) is 1.49. The van der Waals surface area contributed by atoms with Gasteiger partial charge in [0.25, 0.3) is 0 Å². The molecule has 0 saturated heterocycles. The summed E-state index contributed by atoms with van der Waals surface area (Å²) < 4.78 is 0. The third kappa shape index (κ3) is 4.09. The lowest BCUT2D eigenvalue weighted by atomic mass is 9.93. The summed E-state index contributed by atoms with van der Waals surface area (Å²) in [5.74, 6) is 0.0967. The zero-order chi connectivity index (χ0) is 11.0. The first kappa shape index (κ1) is 13.4. The van der Waals surface area contributed by atoms with E-state index in [-0.39, 0.29) is 11.4 Å². The maximum Gasteiger partial charge on any atom is 0.239 e. The number of hydrogen-bond donors (Lipinski definition) is 2. The summed E-state index contributed by atoms with van der Waals surface area (Å²) in [5.41, 5.74) is -0.388. The van der Waals surface area contributed by atoms with Gasteiger partial charge in [-0.15, -0.1) is 0 Å². The maximum absolute atomic E-state index is 11.7. The second-order valence-electron chi connectivity index (χ2n) is 3.94. The predicted octanol–water partition coefficient (Wildman–Crippen LogP) is 1.68. The molecular weight excluding hydrogens is 176 g/mol. The van der Waals surface area contributed by atoms with Gasteiger partial charge in [-0.2, -0.15) is 0 Å². The minimum Gasteiger partial charge on any atom is -0.358 e. The van der Waals surface area contributed by atoms with Crippen molar-refractivity contribution in [2.45, 2.75) is 52.0 Å². The first-order chi connectivity index (χ1) is 6.60. The van der Waals surface area contributed by atoms with E-state index in [1.165, 1.54) is 0 Å². The van der Waals surface area contributed by atoms with Gasteiger partial charge in [-0.1, -0.05) is 26.7 Å². The number of nitrogens with one attached hydrogen (secondary N) is 2. The molecule has 0 aromatic rings. The summed E-state index contributed by atoms with van der Waals surface area (Å²) in [4.78, 5) is 11.7. The Morgan fingerprint density at radius 3 is 2.36 bits per heavy atom. The van der Waals surface area contributed by atoms with Crippen LogP contribution in [0.5, 0.6) is 0 Å². The van der Waals surface area contributed by atoms with Crippen molar-refractivity contribution < 1.29 is 4.79 Å². The van der Waals surface area contributed by atoms with E-state index in [2.05, 4.69) is 24.5 Å². The Morgan fingerprint density at radius 1 is 1.29 bits per heavy atom. The summed E-state index contributed by atoms with van der Waals surface area (Å²) in [6.07, 6.45) is 4.17. The average Bonchev–Trinajstić information content (AvgIpc) is 2.22. The first-order valence-corrected chi connectivity index (χ1v) is 5.58. The first-order valence-electron chi connectivity index (χ1n) is 5.58. The molecule has 14 heavy (non-hydrogen) atoms. The van der Waals surface area contributed by atoms with Crippen LogP contribution in [0.4, 0.5) is 0 Å². The van der Waals surface area contributed by atoms with Gasteiger partial charge in [0.2, 0.25) is 5.91 Å². The molecule has 1 unspecified atom stereocenters. The van der Waals surface area contributed by atoms with Crippen LogP contribution in [0, 0.1) is 0 Å². The van der Waals surface area contributed by atoms with Gasteiger partial charge in [-0.05, 0) is 26.3 Å². The Balaban J connectivity index is 4.24. The summed E-state index contributed by atoms with van der Waals surface area (Å²) in [5, 5.41) is 6.04. The molecule has 1 amide bonds. The normalized spacial score (nSPS) is 14.9. The molecule has 3 nitrogen and oxygen atoms in total. The Bertz CT molecular complexity index is 161. The number of amides is 1. The molecule has 0 bridgehead atoms. The van der Waals surface area contributed by atoms with E-state index in [0.29, 0.717) is 0 Å². The molecule has 0 aliphatic rings. The van der Waals surface area contributed by atoms with E-state index >= 15 is 0 Å². The molecular formula is C11H24N2O. The lowest BCUT2D eigenvalue weighted by Crippen LogP contribution is -2.54. The van der Waals surface area contributed by atoms with Gasteiger partial charge < -0.3 is 10.6 Å². The molecule has 0 aliphatic heterocycles. The van der Waals surface area contributed by atoms with Crippen molar-refractivity contribution in [1.29, 1.82) is 0 Å². The van der Waals surface area contributed by atoms with Crippen molar-refractivity contribution in [1.82, 2.24) is 10.6 Å². The largest absolute Gasteiger partial charge is 0.358 e. The lowest BCUT2D eigenvalue weighted by Gasteiger charge is -2.28. The van der Waals surface area contributed by atoms with Crippen LogP contribution in [0.1, 0.15) is 46.5 Å². The summed E-state index contributed by atoms with van der Waals surface area (Å²) >= 11 is 0. The fraction of sp³-hybridized carbons (Fsp3) is 0.909. The topological polar surface area (TPSA) is 41.1 Å². The van der Waals surface area contributed by atoms with E-state index in [0.717, 1.165) is 32.2 Å². The highest BCUT2D eigenvalue weighted by atomic mass is 16.2.